The second-order valence-electron chi connectivity index (χ2n) is 4.62. The van der Waals surface area contributed by atoms with Gasteiger partial charge < -0.3 is 5.32 Å². The number of benzene rings is 1. The summed E-state index contributed by atoms with van der Waals surface area (Å²) < 4.78 is 38.5. The Morgan fingerprint density at radius 3 is 2.48 bits per heavy atom. The van der Waals surface area contributed by atoms with Crippen molar-refractivity contribution in [3.63, 3.8) is 0 Å². The van der Waals surface area contributed by atoms with Crippen LogP contribution in [0.4, 0.5) is 13.2 Å². The minimum absolute atomic E-state index is 0.451. The molecular formula is C15H16F3N3. The predicted octanol–water partition coefficient (Wildman–Crippen LogP) is 3.58. The monoisotopic (exact) mass is 295 g/mol. The Hall–Kier alpha value is -1.95. The van der Waals surface area contributed by atoms with Gasteiger partial charge in [0.2, 0.25) is 0 Å². The van der Waals surface area contributed by atoms with E-state index in [9.17, 15) is 13.2 Å². The molecule has 0 aliphatic heterocycles. The second-order valence-corrected chi connectivity index (χ2v) is 4.62. The zero-order valence-corrected chi connectivity index (χ0v) is 11.6. The first kappa shape index (κ1) is 15.4. The maximum atomic E-state index is 12.8. The zero-order valence-electron chi connectivity index (χ0n) is 11.6. The molecule has 1 N–H and O–H groups in total. The van der Waals surface area contributed by atoms with Gasteiger partial charge >= 0.3 is 6.18 Å². The quantitative estimate of drug-likeness (QED) is 0.916. The molecule has 0 saturated carbocycles. The van der Waals surface area contributed by atoms with Crippen LogP contribution in [0.25, 0.3) is 0 Å². The van der Waals surface area contributed by atoms with Crippen LogP contribution >= 0.6 is 0 Å². The first-order chi connectivity index (χ1) is 10.0. The fraction of sp³-hybridized carbons (Fsp3) is 0.333. The summed E-state index contributed by atoms with van der Waals surface area (Å²) >= 11 is 0. The maximum Gasteiger partial charge on any atom is 0.416 e. The summed E-state index contributed by atoms with van der Waals surface area (Å²) in [5.74, 6) is 0.463. The Balaban J connectivity index is 2.37. The number of hydrogen-bond acceptors (Lipinski definition) is 3. The first-order valence-corrected chi connectivity index (χ1v) is 6.70. The summed E-state index contributed by atoms with van der Waals surface area (Å²) in [6.45, 7) is 2.65. The van der Waals surface area contributed by atoms with Crippen LogP contribution in [-0.2, 0) is 6.18 Å². The molecule has 1 aromatic carbocycles. The van der Waals surface area contributed by atoms with Crippen LogP contribution < -0.4 is 5.32 Å². The van der Waals surface area contributed by atoms with Gasteiger partial charge in [-0.2, -0.15) is 13.2 Å². The zero-order chi connectivity index (χ0) is 15.3. The lowest BCUT2D eigenvalue weighted by Crippen LogP contribution is -2.25. The smallest absolute Gasteiger partial charge is 0.304 e. The van der Waals surface area contributed by atoms with Crippen molar-refractivity contribution >= 4 is 0 Å². The molecule has 1 atom stereocenters. The largest absolute Gasteiger partial charge is 0.416 e. The van der Waals surface area contributed by atoms with Crippen LogP contribution in [0.15, 0.2) is 42.7 Å². The van der Waals surface area contributed by atoms with E-state index in [-0.39, 0.29) is 0 Å². The molecule has 1 aromatic heterocycles. The van der Waals surface area contributed by atoms with Gasteiger partial charge in [-0.1, -0.05) is 19.1 Å². The Bertz CT molecular complexity index is 570. The molecule has 0 spiro atoms. The van der Waals surface area contributed by atoms with E-state index < -0.39 is 17.8 Å². The molecule has 112 valence electrons. The summed E-state index contributed by atoms with van der Waals surface area (Å²) in [5.41, 5.74) is -0.163. The molecule has 21 heavy (non-hydrogen) atoms. The minimum Gasteiger partial charge on any atom is -0.304 e. The number of nitrogens with zero attached hydrogens (tertiary/aromatic N) is 2. The van der Waals surface area contributed by atoms with Gasteiger partial charge in [-0.15, -0.1) is 0 Å². The molecule has 0 aliphatic carbocycles. The third kappa shape index (κ3) is 4.01. The van der Waals surface area contributed by atoms with Gasteiger partial charge in [0, 0.05) is 12.4 Å². The van der Waals surface area contributed by atoms with Gasteiger partial charge in [-0.05, 0) is 36.7 Å². The molecule has 2 aromatic rings. The highest BCUT2D eigenvalue weighted by Crippen LogP contribution is 2.31. The number of rotatable bonds is 5. The number of aromatic nitrogens is 2. The molecule has 3 nitrogen and oxygen atoms in total. The minimum atomic E-state index is -4.36. The van der Waals surface area contributed by atoms with Gasteiger partial charge in [-0.25, -0.2) is 9.97 Å². The van der Waals surface area contributed by atoms with Crippen molar-refractivity contribution in [1.29, 1.82) is 0 Å². The number of alkyl halides is 3. The Morgan fingerprint density at radius 1 is 1.14 bits per heavy atom. The van der Waals surface area contributed by atoms with E-state index in [1.165, 1.54) is 6.07 Å². The predicted molar refractivity (Wildman–Crippen MR) is 73.6 cm³/mol. The van der Waals surface area contributed by atoms with Crippen molar-refractivity contribution in [1.82, 2.24) is 15.3 Å². The molecule has 0 amide bonds. The fourth-order valence-electron chi connectivity index (χ4n) is 2.00. The van der Waals surface area contributed by atoms with Crippen LogP contribution in [-0.4, -0.2) is 16.5 Å². The van der Waals surface area contributed by atoms with Crippen LogP contribution in [0.2, 0.25) is 0 Å². The highest BCUT2D eigenvalue weighted by Gasteiger charge is 2.31. The van der Waals surface area contributed by atoms with E-state index in [0.717, 1.165) is 18.6 Å². The summed E-state index contributed by atoms with van der Waals surface area (Å²) in [7, 11) is 0. The van der Waals surface area contributed by atoms with E-state index in [0.29, 0.717) is 17.9 Å². The normalized spacial score (nSPS) is 13.1. The highest BCUT2D eigenvalue weighted by atomic mass is 19.4. The number of hydrogen-bond donors (Lipinski definition) is 1. The van der Waals surface area contributed by atoms with Crippen molar-refractivity contribution in [3.8, 4) is 0 Å². The summed E-state index contributed by atoms with van der Waals surface area (Å²) in [5, 5.41) is 3.19. The summed E-state index contributed by atoms with van der Waals surface area (Å²) in [6, 6.07) is 6.48. The molecule has 1 unspecified atom stereocenters. The first-order valence-electron chi connectivity index (χ1n) is 6.70. The molecule has 0 bridgehead atoms. The molecular weight excluding hydrogens is 279 g/mol. The average Bonchev–Trinajstić information content (AvgIpc) is 2.48. The van der Waals surface area contributed by atoms with Gasteiger partial charge in [0.25, 0.3) is 0 Å². The molecule has 0 aliphatic rings. The second kappa shape index (κ2) is 6.67. The van der Waals surface area contributed by atoms with Crippen molar-refractivity contribution in [2.45, 2.75) is 25.6 Å². The Kier molecular flexibility index (Phi) is 4.90. The van der Waals surface area contributed by atoms with E-state index in [2.05, 4.69) is 15.3 Å². The van der Waals surface area contributed by atoms with Crippen LogP contribution in [0.1, 0.15) is 36.3 Å². The fourth-order valence-corrected chi connectivity index (χ4v) is 2.00. The summed E-state index contributed by atoms with van der Waals surface area (Å²) in [4.78, 5) is 8.29. The SMILES string of the molecule is CCCNC(c1cccc(C(F)(F)F)c1)c1ncccn1. The molecule has 2 rings (SSSR count). The topological polar surface area (TPSA) is 37.8 Å². The van der Waals surface area contributed by atoms with Crippen molar-refractivity contribution in [2.75, 3.05) is 6.54 Å². The Morgan fingerprint density at radius 2 is 1.86 bits per heavy atom. The summed E-state index contributed by atoms with van der Waals surface area (Å²) in [6.07, 6.45) is -0.335. The number of halogens is 3. The van der Waals surface area contributed by atoms with Crippen molar-refractivity contribution < 1.29 is 13.2 Å². The van der Waals surface area contributed by atoms with E-state index in [4.69, 9.17) is 0 Å². The maximum absolute atomic E-state index is 12.8. The van der Waals surface area contributed by atoms with E-state index in [1.807, 2.05) is 6.92 Å². The number of nitrogens with one attached hydrogen (secondary N) is 1. The third-order valence-corrected chi connectivity index (χ3v) is 2.99. The Labute approximate surface area is 121 Å². The lowest BCUT2D eigenvalue weighted by Gasteiger charge is -2.18. The molecule has 0 fully saturated rings. The van der Waals surface area contributed by atoms with Gasteiger partial charge in [0.05, 0.1) is 11.6 Å². The third-order valence-electron chi connectivity index (χ3n) is 2.99. The molecule has 6 heteroatoms. The van der Waals surface area contributed by atoms with E-state index >= 15 is 0 Å². The van der Waals surface area contributed by atoms with Crippen molar-refractivity contribution in [3.05, 3.63) is 59.7 Å². The molecule has 0 radical (unpaired) electrons. The highest BCUT2D eigenvalue weighted by molar-refractivity contribution is 5.31. The van der Waals surface area contributed by atoms with Gasteiger partial charge in [0.15, 0.2) is 0 Å². The van der Waals surface area contributed by atoms with Crippen LogP contribution in [0.3, 0.4) is 0 Å². The molecule has 1 heterocycles. The van der Waals surface area contributed by atoms with E-state index in [1.54, 1.807) is 24.5 Å². The van der Waals surface area contributed by atoms with Gasteiger partial charge in [-0.3, -0.25) is 0 Å². The molecule has 0 saturated heterocycles. The van der Waals surface area contributed by atoms with Crippen molar-refractivity contribution in [2.24, 2.45) is 0 Å². The standard InChI is InChI=1S/C15H16F3N3/c1-2-7-19-13(14-20-8-4-9-21-14)11-5-3-6-12(10-11)15(16,17)18/h3-6,8-10,13,19H,2,7H2,1H3. The average molecular weight is 295 g/mol. The van der Waals surface area contributed by atoms with Gasteiger partial charge in [0.1, 0.15) is 5.82 Å². The lowest BCUT2D eigenvalue weighted by atomic mass is 10.0. The van der Waals surface area contributed by atoms with Crippen LogP contribution in [0.5, 0.6) is 0 Å². The van der Waals surface area contributed by atoms with Crippen LogP contribution in [0, 0.1) is 0 Å². The lowest BCUT2D eigenvalue weighted by molar-refractivity contribution is -0.137.